The molecule has 1 atom stereocenters. The molecule has 1 aromatic rings. The Hall–Kier alpha value is -0.890. The second kappa shape index (κ2) is 5.86. The van der Waals surface area contributed by atoms with E-state index in [1.165, 1.54) is 6.07 Å². The van der Waals surface area contributed by atoms with Gasteiger partial charge < -0.3 is 4.74 Å². The van der Waals surface area contributed by atoms with Crippen LogP contribution in [0.4, 0.5) is 4.39 Å². The first-order chi connectivity index (χ1) is 7.15. The van der Waals surface area contributed by atoms with Crippen LogP contribution in [0.1, 0.15) is 38.4 Å². The highest BCUT2D eigenvalue weighted by Crippen LogP contribution is 2.25. The Balaban J connectivity index is 2.70. The maximum atomic E-state index is 13.5. The van der Waals surface area contributed by atoms with Crippen molar-refractivity contribution in [3.05, 3.63) is 35.6 Å². The fraction of sp³-hybridized carbons (Fsp3) is 0.538. The molecule has 0 aliphatic carbocycles. The van der Waals surface area contributed by atoms with Crippen molar-refractivity contribution in [2.75, 3.05) is 7.11 Å². The maximum Gasteiger partial charge on any atom is 0.129 e. The van der Waals surface area contributed by atoms with Crippen molar-refractivity contribution in [1.82, 2.24) is 0 Å². The minimum absolute atomic E-state index is 0.117. The van der Waals surface area contributed by atoms with Gasteiger partial charge in [0.25, 0.3) is 0 Å². The highest BCUT2D eigenvalue weighted by atomic mass is 19.1. The van der Waals surface area contributed by atoms with Gasteiger partial charge in [0.2, 0.25) is 0 Å². The molecule has 1 rings (SSSR count). The number of hydrogen-bond donors (Lipinski definition) is 0. The molecule has 1 unspecified atom stereocenters. The summed E-state index contributed by atoms with van der Waals surface area (Å²) in [4.78, 5) is 0. The van der Waals surface area contributed by atoms with Gasteiger partial charge in [-0.05, 0) is 24.8 Å². The van der Waals surface area contributed by atoms with Gasteiger partial charge in [0, 0.05) is 12.7 Å². The molecule has 2 heteroatoms. The largest absolute Gasteiger partial charge is 0.377 e. The van der Waals surface area contributed by atoms with Crippen LogP contribution in [0.5, 0.6) is 0 Å². The van der Waals surface area contributed by atoms with Crippen molar-refractivity contribution < 1.29 is 9.13 Å². The molecule has 0 aliphatic heterocycles. The topological polar surface area (TPSA) is 9.23 Å². The smallest absolute Gasteiger partial charge is 0.129 e. The predicted octanol–water partition coefficient (Wildman–Crippen LogP) is 3.95. The Morgan fingerprint density at radius 1 is 1.20 bits per heavy atom. The lowest BCUT2D eigenvalue weighted by Crippen LogP contribution is -2.05. The first kappa shape index (κ1) is 12.2. The van der Waals surface area contributed by atoms with Crippen LogP contribution in [0.15, 0.2) is 24.3 Å². The number of rotatable bonds is 5. The fourth-order valence-corrected chi connectivity index (χ4v) is 1.62. The second-order valence-corrected chi connectivity index (χ2v) is 4.22. The molecule has 0 radical (unpaired) electrons. The van der Waals surface area contributed by atoms with E-state index in [0.29, 0.717) is 11.5 Å². The van der Waals surface area contributed by atoms with Crippen LogP contribution in [0.3, 0.4) is 0 Å². The summed E-state index contributed by atoms with van der Waals surface area (Å²) in [5.74, 6) is 0.447. The summed E-state index contributed by atoms with van der Waals surface area (Å²) in [5.41, 5.74) is 0.667. The Kier molecular flexibility index (Phi) is 4.76. The Morgan fingerprint density at radius 3 is 2.40 bits per heavy atom. The van der Waals surface area contributed by atoms with E-state index in [2.05, 4.69) is 13.8 Å². The molecule has 0 amide bonds. The van der Waals surface area contributed by atoms with Crippen LogP contribution in [-0.4, -0.2) is 7.11 Å². The zero-order valence-corrected chi connectivity index (χ0v) is 9.66. The lowest BCUT2D eigenvalue weighted by Gasteiger charge is -2.17. The molecule has 0 aliphatic rings. The Labute approximate surface area is 91.3 Å². The van der Waals surface area contributed by atoms with Gasteiger partial charge in [0.05, 0.1) is 6.10 Å². The Morgan fingerprint density at radius 2 is 1.87 bits per heavy atom. The van der Waals surface area contributed by atoms with E-state index in [-0.39, 0.29) is 11.9 Å². The first-order valence-corrected chi connectivity index (χ1v) is 5.42. The number of benzene rings is 1. The van der Waals surface area contributed by atoms with Crippen molar-refractivity contribution in [3.63, 3.8) is 0 Å². The SMILES string of the molecule is COC(CCC(C)C)c1ccccc1F. The minimum Gasteiger partial charge on any atom is -0.377 e. The zero-order valence-electron chi connectivity index (χ0n) is 9.66. The molecule has 0 N–H and O–H groups in total. The van der Waals surface area contributed by atoms with Gasteiger partial charge in [-0.15, -0.1) is 0 Å². The first-order valence-electron chi connectivity index (χ1n) is 5.42. The molecule has 0 saturated heterocycles. The zero-order chi connectivity index (χ0) is 11.3. The highest BCUT2D eigenvalue weighted by molar-refractivity contribution is 5.19. The lowest BCUT2D eigenvalue weighted by atomic mass is 9.99. The quantitative estimate of drug-likeness (QED) is 0.715. The summed E-state index contributed by atoms with van der Waals surface area (Å²) < 4.78 is 18.8. The average molecular weight is 210 g/mol. The van der Waals surface area contributed by atoms with Crippen molar-refractivity contribution in [2.45, 2.75) is 32.8 Å². The van der Waals surface area contributed by atoms with E-state index >= 15 is 0 Å². The molecule has 1 nitrogen and oxygen atoms in total. The van der Waals surface area contributed by atoms with Crippen LogP contribution in [0, 0.1) is 11.7 Å². The van der Waals surface area contributed by atoms with Gasteiger partial charge in [-0.3, -0.25) is 0 Å². The summed E-state index contributed by atoms with van der Waals surface area (Å²) in [6.45, 7) is 4.32. The molecule has 0 aromatic heterocycles. The van der Waals surface area contributed by atoms with E-state index in [1.807, 2.05) is 6.07 Å². The Bertz CT molecular complexity index is 296. The van der Waals surface area contributed by atoms with Gasteiger partial charge in [0.1, 0.15) is 5.82 Å². The third-order valence-corrected chi connectivity index (χ3v) is 2.54. The third kappa shape index (κ3) is 3.63. The van der Waals surface area contributed by atoms with Crippen LogP contribution in [0.2, 0.25) is 0 Å². The van der Waals surface area contributed by atoms with Crippen LogP contribution >= 0.6 is 0 Å². The highest BCUT2D eigenvalue weighted by Gasteiger charge is 2.14. The summed E-state index contributed by atoms with van der Waals surface area (Å²) >= 11 is 0. The normalized spacial score (nSPS) is 13.1. The summed E-state index contributed by atoms with van der Waals surface area (Å²) in [7, 11) is 1.64. The molecule has 15 heavy (non-hydrogen) atoms. The van der Waals surface area contributed by atoms with Crippen molar-refractivity contribution in [1.29, 1.82) is 0 Å². The number of hydrogen-bond acceptors (Lipinski definition) is 1. The molecule has 84 valence electrons. The van der Waals surface area contributed by atoms with E-state index in [1.54, 1.807) is 19.2 Å². The fourth-order valence-electron chi connectivity index (χ4n) is 1.62. The van der Waals surface area contributed by atoms with Crippen molar-refractivity contribution in [2.24, 2.45) is 5.92 Å². The summed E-state index contributed by atoms with van der Waals surface area (Å²) in [6, 6.07) is 6.83. The molecule has 0 fully saturated rings. The number of ether oxygens (including phenoxy) is 1. The standard InChI is InChI=1S/C13H19FO/c1-10(2)8-9-13(15-3)11-6-4-5-7-12(11)14/h4-7,10,13H,8-9H2,1-3H3. The maximum absolute atomic E-state index is 13.5. The number of halogens is 1. The molecule has 0 spiro atoms. The van der Waals surface area contributed by atoms with E-state index in [9.17, 15) is 4.39 Å². The van der Waals surface area contributed by atoms with Gasteiger partial charge in [-0.25, -0.2) is 4.39 Å². The van der Waals surface area contributed by atoms with Crippen LogP contribution < -0.4 is 0 Å². The van der Waals surface area contributed by atoms with E-state index < -0.39 is 0 Å². The van der Waals surface area contributed by atoms with Crippen molar-refractivity contribution in [3.8, 4) is 0 Å². The molecular formula is C13H19FO. The van der Waals surface area contributed by atoms with Gasteiger partial charge in [0.15, 0.2) is 0 Å². The van der Waals surface area contributed by atoms with Gasteiger partial charge in [-0.2, -0.15) is 0 Å². The minimum atomic E-state index is -0.173. The van der Waals surface area contributed by atoms with E-state index in [4.69, 9.17) is 4.74 Å². The third-order valence-electron chi connectivity index (χ3n) is 2.54. The molecule has 0 heterocycles. The van der Waals surface area contributed by atoms with Crippen LogP contribution in [0.25, 0.3) is 0 Å². The molecule has 1 aromatic carbocycles. The molecule has 0 saturated carbocycles. The lowest BCUT2D eigenvalue weighted by molar-refractivity contribution is 0.0875. The number of methoxy groups -OCH3 is 1. The monoisotopic (exact) mass is 210 g/mol. The van der Waals surface area contributed by atoms with Gasteiger partial charge in [-0.1, -0.05) is 32.0 Å². The predicted molar refractivity (Wildman–Crippen MR) is 60.2 cm³/mol. The molecule has 0 bridgehead atoms. The average Bonchev–Trinajstić information content (AvgIpc) is 2.21. The summed E-state index contributed by atoms with van der Waals surface area (Å²) in [6.07, 6.45) is 1.80. The van der Waals surface area contributed by atoms with Crippen LogP contribution in [-0.2, 0) is 4.74 Å². The van der Waals surface area contributed by atoms with E-state index in [0.717, 1.165) is 12.8 Å². The van der Waals surface area contributed by atoms with Crippen molar-refractivity contribution >= 4 is 0 Å². The molecular weight excluding hydrogens is 191 g/mol. The summed E-state index contributed by atoms with van der Waals surface area (Å²) in [5, 5.41) is 0. The second-order valence-electron chi connectivity index (χ2n) is 4.22. The van der Waals surface area contributed by atoms with Gasteiger partial charge >= 0.3 is 0 Å².